The molecule has 1 aromatic heterocycles. The molecular formula is C12H19N3O4S. The maximum atomic E-state index is 10.7. The van der Waals surface area contributed by atoms with Crippen molar-refractivity contribution in [1.29, 1.82) is 0 Å². The van der Waals surface area contributed by atoms with Gasteiger partial charge in [-0.2, -0.15) is 0 Å². The summed E-state index contributed by atoms with van der Waals surface area (Å²) in [5.74, 6) is -0.141. The number of thioether (sulfide) groups is 1. The normalized spacial score (nSPS) is 22.3. The Morgan fingerprint density at radius 3 is 3.00 bits per heavy atom. The van der Waals surface area contributed by atoms with E-state index in [0.29, 0.717) is 23.4 Å². The third-order valence-electron chi connectivity index (χ3n) is 3.43. The molecule has 2 rings (SSSR count). The molecule has 1 aliphatic heterocycles. The van der Waals surface area contributed by atoms with E-state index < -0.39 is 5.97 Å². The lowest BCUT2D eigenvalue weighted by atomic mass is 9.99. The summed E-state index contributed by atoms with van der Waals surface area (Å²) >= 11 is 1.12. The summed E-state index contributed by atoms with van der Waals surface area (Å²) < 4.78 is 7.47. The molecule has 112 valence electrons. The second-order valence-electron chi connectivity index (χ2n) is 4.72. The predicted octanol–water partition coefficient (Wildman–Crippen LogP) is 0.762. The minimum Gasteiger partial charge on any atom is -0.481 e. The summed E-state index contributed by atoms with van der Waals surface area (Å²) in [7, 11) is 0. The third kappa shape index (κ3) is 3.50. The van der Waals surface area contributed by atoms with E-state index in [0.717, 1.165) is 31.2 Å². The SMILES string of the molecule is CCC1OCCC1Cn1c(CO)nnc1SCC(=O)O. The highest BCUT2D eigenvalue weighted by molar-refractivity contribution is 7.99. The van der Waals surface area contributed by atoms with Crippen LogP contribution < -0.4 is 0 Å². The van der Waals surface area contributed by atoms with Gasteiger partial charge in [0.15, 0.2) is 11.0 Å². The van der Waals surface area contributed by atoms with Crippen LogP contribution in [0.15, 0.2) is 5.16 Å². The van der Waals surface area contributed by atoms with Crippen molar-refractivity contribution in [3.8, 4) is 0 Å². The van der Waals surface area contributed by atoms with Crippen molar-refractivity contribution < 1.29 is 19.7 Å². The first-order valence-electron chi connectivity index (χ1n) is 6.64. The van der Waals surface area contributed by atoms with E-state index in [9.17, 15) is 9.90 Å². The van der Waals surface area contributed by atoms with Gasteiger partial charge in [-0.15, -0.1) is 10.2 Å². The van der Waals surface area contributed by atoms with Gasteiger partial charge in [0.25, 0.3) is 0 Å². The molecule has 1 aliphatic rings. The highest BCUT2D eigenvalue weighted by Gasteiger charge is 2.28. The Bertz CT molecular complexity index is 466. The quantitative estimate of drug-likeness (QED) is 0.718. The molecule has 1 aromatic rings. The minimum absolute atomic E-state index is 0.0675. The molecule has 2 atom stereocenters. The first-order chi connectivity index (χ1) is 9.65. The van der Waals surface area contributed by atoms with E-state index in [1.54, 1.807) is 0 Å². The van der Waals surface area contributed by atoms with Crippen molar-refractivity contribution in [2.24, 2.45) is 5.92 Å². The van der Waals surface area contributed by atoms with Crippen molar-refractivity contribution in [3.05, 3.63) is 5.82 Å². The second kappa shape index (κ2) is 7.05. The van der Waals surface area contributed by atoms with Crippen LogP contribution in [0, 0.1) is 5.92 Å². The number of carboxylic acid groups (broad SMARTS) is 1. The molecular weight excluding hydrogens is 282 g/mol. The van der Waals surface area contributed by atoms with Gasteiger partial charge in [0, 0.05) is 19.1 Å². The fraction of sp³-hybridized carbons (Fsp3) is 0.750. The maximum absolute atomic E-state index is 10.7. The molecule has 0 aromatic carbocycles. The highest BCUT2D eigenvalue weighted by Crippen LogP contribution is 2.27. The molecule has 0 aliphatic carbocycles. The molecule has 2 unspecified atom stereocenters. The lowest BCUT2D eigenvalue weighted by molar-refractivity contribution is -0.133. The minimum atomic E-state index is -0.897. The maximum Gasteiger partial charge on any atom is 0.313 e. The molecule has 20 heavy (non-hydrogen) atoms. The number of aliphatic hydroxyl groups excluding tert-OH is 1. The van der Waals surface area contributed by atoms with Crippen LogP contribution in [-0.4, -0.2) is 49.4 Å². The van der Waals surface area contributed by atoms with Crippen molar-refractivity contribution >= 4 is 17.7 Å². The first kappa shape index (κ1) is 15.3. The second-order valence-corrected chi connectivity index (χ2v) is 5.66. The lowest BCUT2D eigenvalue weighted by Gasteiger charge is -2.19. The molecule has 7 nitrogen and oxygen atoms in total. The standard InChI is InChI=1S/C12H19N3O4S/c1-2-9-8(3-4-19-9)5-15-10(6-16)13-14-12(15)20-7-11(17)18/h8-9,16H,2-7H2,1H3,(H,17,18). The van der Waals surface area contributed by atoms with Crippen LogP contribution in [0.25, 0.3) is 0 Å². The Hall–Kier alpha value is -1.12. The smallest absolute Gasteiger partial charge is 0.313 e. The average Bonchev–Trinajstić information content (AvgIpc) is 3.03. The zero-order valence-electron chi connectivity index (χ0n) is 11.4. The van der Waals surface area contributed by atoms with Crippen LogP contribution in [0.5, 0.6) is 0 Å². The molecule has 8 heteroatoms. The summed E-state index contributed by atoms with van der Waals surface area (Å²) in [5.41, 5.74) is 0. The topological polar surface area (TPSA) is 97.5 Å². The number of carbonyl (C=O) groups is 1. The van der Waals surface area contributed by atoms with Gasteiger partial charge >= 0.3 is 5.97 Å². The van der Waals surface area contributed by atoms with Gasteiger partial charge in [-0.3, -0.25) is 4.79 Å². The van der Waals surface area contributed by atoms with Crippen LogP contribution >= 0.6 is 11.8 Å². The molecule has 0 radical (unpaired) electrons. The molecule has 2 N–H and O–H groups in total. The number of rotatable bonds is 7. The van der Waals surface area contributed by atoms with Crippen LogP contribution in [-0.2, 0) is 22.7 Å². The largest absolute Gasteiger partial charge is 0.481 e. The Morgan fingerprint density at radius 1 is 1.55 bits per heavy atom. The van der Waals surface area contributed by atoms with Gasteiger partial charge < -0.3 is 19.5 Å². The van der Waals surface area contributed by atoms with Crippen LogP contribution in [0.2, 0.25) is 0 Å². The Morgan fingerprint density at radius 2 is 2.35 bits per heavy atom. The molecule has 0 spiro atoms. The Kier molecular flexibility index (Phi) is 5.38. The van der Waals surface area contributed by atoms with E-state index in [4.69, 9.17) is 9.84 Å². The van der Waals surface area contributed by atoms with Crippen LogP contribution in [0.4, 0.5) is 0 Å². The van der Waals surface area contributed by atoms with E-state index in [1.165, 1.54) is 0 Å². The van der Waals surface area contributed by atoms with Gasteiger partial charge in [-0.05, 0) is 12.8 Å². The molecule has 0 bridgehead atoms. The number of ether oxygens (including phenoxy) is 1. The first-order valence-corrected chi connectivity index (χ1v) is 7.63. The van der Waals surface area contributed by atoms with Gasteiger partial charge in [-0.1, -0.05) is 18.7 Å². The fourth-order valence-electron chi connectivity index (χ4n) is 2.44. The highest BCUT2D eigenvalue weighted by atomic mass is 32.2. The zero-order valence-corrected chi connectivity index (χ0v) is 12.2. The van der Waals surface area contributed by atoms with Crippen molar-refractivity contribution in [2.75, 3.05) is 12.4 Å². The summed E-state index contributed by atoms with van der Waals surface area (Å²) in [6, 6.07) is 0. The molecule has 0 amide bonds. The molecule has 1 saturated heterocycles. The van der Waals surface area contributed by atoms with Gasteiger partial charge in [-0.25, -0.2) is 0 Å². The average molecular weight is 301 g/mol. The van der Waals surface area contributed by atoms with E-state index >= 15 is 0 Å². The lowest BCUT2D eigenvalue weighted by Crippen LogP contribution is -2.22. The van der Waals surface area contributed by atoms with E-state index in [-0.39, 0.29) is 18.5 Å². The molecule has 1 fully saturated rings. The molecule has 0 saturated carbocycles. The molecule has 2 heterocycles. The van der Waals surface area contributed by atoms with Crippen molar-refractivity contribution in [2.45, 2.75) is 44.2 Å². The van der Waals surface area contributed by atoms with Crippen molar-refractivity contribution in [1.82, 2.24) is 14.8 Å². The number of nitrogens with zero attached hydrogens (tertiary/aromatic N) is 3. The predicted molar refractivity (Wildman–Crippen MR) is 72.4 cm³/mol. The van der Waals surface area contributed by atoms with Crippen LogP contribution in [0.1, 0.15) is 25.6 Å². The summed E-state index contributed by atoms with van der Waals surface area (Å²) in [6.45, 7) is 3.29. The van der Waals surface area contributed by atoms with Gasteiger partial charge in [0.1, 0.15) is 6.61 Å². The van der Waals surface area contributed by atoms with Gasteiger partial charge in [0.05, 0.1) is 11.9 Å². The monoisotopic (exact) mass is 301 g/mol. The summed E-state index contributed by atoms with van der Waals surface area (Å²) in [6.07, 6.45) is 2.12. The fourth-order valence-corrected chi connectivity index (χ4v) is 3.13. The number of hydrogen-bond donors (Lipinski definition) is 2. The van der Waals surface area contributed by atoms with Crippen molar-refractivity contribution in [3.63, 3.8) is 0 Å². The zero-order chi connectivity index (χ0) is 14.5. The summed E-state index contributed by atoms with van der Waals surface area (Å²) in [5, 5.41) is 26.5. The number of carboxylic acids is 1. The Balaban J connectivity index is 2.11. The van der Waals surface area contributed by atoms with E-state index in [2.05, 4.69) is 17.1 Å². The number of aliphatic carboxylic acids is 1. The third-order valence-corrected chi connectivity index (χ3v) is 4.38. The number of aliphatic hydroxyl groups is 1. The van der Waals surface area contributed by atoms with Gasteiger partial charge in [0.2, 0.25) is 0 Å². The number of aromatic nitrogens is 3. The number of hydrogen-bond acceptors (Lipinski definition) is 6. The summed E-state index contributed by atoms with van der Waals surface area (Å²) in [4.78, 5) is 10.7. The van der Waals surface area contributed by atoms with E-state index in [1.807, 2.05) is 4.57 Å². The van der Waals surface area contributed by atoms with Crippen LogP contribution in [0.3, 0.4) is 0 Å². The Labute approximate surface area is 121 Å².